The van der Waals surface area contributed by atoms with E-state index in [1.807, 2.05) is 17.0 Å². The minimum Gasteiger partial charge on any atom is -0.360 e. The van der Waals surface area contributed by atoms with Gasteiger partial charge in [0.1, 0.15) is 11.5 Å². The van der Waals surface area contributed by atoms with Crippen LogP contribution in [0, 0.1) is 5.92 Å². The molecule has 2 fully saturated rings. The first kappa shape index (κ1) is 21.1. The van der Waals surface area contributed by atoms with E-state index in [1.165, 1.54) is 16.7 Å². The molecular weight excluding hydrogens is 402 g/mol. The highest BCUT2D eigenvalue weighted by Crippen LogP contribution is 2.40. The summed E-state index contributed by atoms with van der Waals surface area (Å²) in [4.78, 5) is 27.3. The van der Waals surface area contributed by atoms with Crippen molar-refractivity contribution in [3.63, 3.8) is 0 Å². The zero-order valence-corrected chi connectivity index (χ0v) is 18.5. The molecule has 5 rings (SSSR count). The Hall–Kier alpha value is -2.73. The Morgan fingerprint density at radius 1 is 1.16 bits per heavy atom. The summed E-state index contributed by atoms with van der Waals surface area (Å²) in [6.07, 6.45) is 9.14. The molecule has 3 aliphatic rings. The lowest BCUT2D eigenvalue weighted by atomic mass is 9.90. The highest BCUT2D eigenvalue weighted by molar-refractivity contribution is 5.94. The van der Waals surface area contributed by atoms with Gasteiger partial charge in [-0.05, 0) is 67.6 Å². The Morgan fingerprint density at radius 3 is 2.72 bits per heavy atom. The van der Waals surface area contributed by atoms with E-state index >= 15 is 0 Å². The molecule has 2 N–H and O–H groups in total. The number of benzene rings is 1. The fourth-order valence-electron chi connectivity index (χ4n) is 4.99. The number of allylic oxidation sites excluding steroid dienone is 1. The molecular formula is C26H31N3O3. The predicted molar refractivity (Wildman–Crippen MR) is 122 cm³/mol. The first-order valence-electron chi connectivity index (χ1n) is 11.9. The van der Waals surface area contributed by atoms with Gasteiger partial charge in [-0.25, -0.2) is 0 Å². The molecule has 2 aliphatic carbocycles. The molecule has 1 aromatic heterocycles. The average Bonchev–Trinajstić information content (AvgIpc) is 3.41. The fourth-order valence-corrected chi connectivity index (χ4v) is 4.99. The van der Waals surface area contributed by atoms with Crippen molar-refractivity contribution in [1.82, 2.24) is 10.1 Å². The Labute approximate surface area is 188 Å². The normalized spacial score (nSPS) is 19.5. The number of carbonyl (C=O) groups excluding carboxylic acids is 2. The van der Waals surface area contributed by atoms with Gasteiger partial charge in [-0.15, -0.1) is 0 Å². The summed E-state index contributed by atoms with van der Waals surface area (Å²) >= 11 is 0. The van der Waals surface area contributed by atoms with Gasteiger partial charge in [0.2, 0.25) is 5.91 Å². The highest BCUT2D eigenvalue weighted by Gasteiger charge is 2.30. The van der Waals surface area contributed by atoms with E-state index in [0.29, 0.717) is 30.4 Å². The predicted octanol–water partition coefficient (Wildman–Crippen LogP) is 4.11. The van der Waals surface area contributed by atoms with Crippen LogP contribution in [-0.2, 0) is 11.2 Å². The number of aromatic nitrogens is 1. The lowest BCUT2D eigenvalue weighted by molar-refractivity contribution is -0.133. The third kappa shape index (κ3) is 4.56. The molecule has 2 aromatic rings. The Bertz CT molecular complexity index is 1030. The standard InChI is InChI=1S/C26H31N3O3/c27-22(15-20-9-6-18-3-1-2-4-21(18)20)26(31)29-13-11-17(12-14-29)5-10-24(30)23-16-25(32-28-23)19-7-8-19/h1-4,9,16-17,19,22H,5-8,10-15,27H2/t22-/m1/s1. The summed E-state index contributed by atoms with van der Waals surface area (Å²) in [5.41, 5.74) is 10.5. The number of nitrogens with two attached hydrogens (primary N) is 1. The van der Waals surface area contributed by atoms with E-state index < -0.39 is 6.04 Å². The van der Waals surface area contributed by atoms with Gasteiger partial charge < -0.3 is 15.2 Å². The van der Waals surface area contributed by atoms with Crippen molar-refractivity contribution in [3.8, 4) is 0 Å². The van der Waals surface area contributed by atoms with Crippen molar-refractivity contribution >= 4 is 17.3 Å². The number of hydrogen-bond donors (Lipinski definition) is 1. The summed E-state index contributed by atoms with van der Waals surface area (Å²) in [7, 11) is 0. The number of amides is 1. The highest BCUT2D eigenvalue weighted by atomic mass is 16.5. The van der Waals surface area contributed by atoms with Crippen LogP contribution in [0.5, 0.6) is 0 Å². The van der Waals surface area contributed by atoms with Gasteiger partial charge in [0, 0.05) is 31.5 Å². The van der Waals surface area contributed by atoms with Crippen molar-refractivity contribution in [2.45, 2.75) is 63.3 Å². The van der Waals surface area contributed by atoms with Gasteiger partial charge in [0.25, 0.3) is 0 Å². The number of ketones is 1. The number of likely N-dealkylation sites (tertiary alicyclic amines) is 1. The van der Waals surface area contributed by atoms with E-state index in [-0.39, 0.29) is 11.7 Å². The van der Waals surface area contributed by atoms with E-state index in [0.717, 1.165) is 57.4 Å². The molecule has 1 saturated heterocycles. The molecule has 2 heterocycles. The zero-order valence-electron chi connectivity index (χ0n) is 18.5. The Balaban J connectivity index is 1.06. The fraction of sp³-hybridized carbons (Fsp3) is 0.500. The molecule has 1 atom stereocenters. The van der Waals surface area contributed by atoms with Crippen LogP contribution in [0.2, 0.25) is 0 Å². The van der Waals surface area contributed by atoms with Gasteiger partial charge in [0.05, 0.1) is 6.04 Å². The quantitative estimate of drug-likeness (QED) is 0.633. The molecule has 0 unspecified atom stereocenters. The van der Waals surface area contributed by atoms with Crippen molar-refractivity contribution < 1.29 is 14.1 Å². The molecule has 0 spiro atoms. The summed E-state index contributed by atoms with van der Waals surface area (Å²) in [6, 6.07) is 9.66. The summed E-state index contributed by atoms with van der Waals surface area (Å²) in [5.74, 6) is 1.88. The second-order valence-electron chi connectivity index (χ2n) is 9.52. The molecule has 32 heavy (non-hydrogen) atoms. The SMILES string of the molecule is N[C@H](CC1=CCc2ccccc21)C(=O)N1CCC(CCC(=O)c2cc(C3CC3)on2)CC1. The van der Waals surface area contributed by atoms with Gasteiger partial charge in [-0.1, -0.05) is 35.5 Å². The van der Waals surface area contributed by atoms with E-state index in [9.17, 15) is 9.59 Å². The topological polar surface area (TPSA) is 89.4 Å². The Morgan fingerprint density at radius 2 is 1.94 bits per heavy atom. The maximum absolute atomic E-state index is 12.9. The molecule has 6 heteroatoms. The summed E-state index contributed by atoms with van der Waals surface area (Å²) in [6.45, 7) is 1.44. The van der Waals surface area contributed by atoms with Crippen LogP contribution in [0.1, 0.15) is 78.2 Å². The average molecular weight is 434 g/mol. The summed E-state index contributed by atoms with van der Waals surface area (Å²) in [5, 5.41) is 3.96. The van der Waals surface area contributed by atoms with Crippen LogP contribution >= 0.6 is 0 Å². The van der Waals surface area contributed by atoms with Crippen LogP contribution in [0.25, 0.3) is 5.57 Å². The number of fused-ring (bicyclic) bond motifs is 1. The molecule has 168 valence electrons. The smallest absolute Gasteiger partial charge is 0.239 e. The minimum atomic E-state index is -0.502. The number of piperidine rings is 1. The monoisotopic (exact) mass is 433 g/mol. The van der Waals surface area contributed by atoms with Crippen molar-refractivity contribution in [2.24, 2.45) is 11.7 Å². The van der Waals surface area contributed by atoms with Gasteiger partial charge in [0.15, 0.2) is 5.78 Å². The van der Waals surface area contributed by atoms with Gasteiger partial charge >= 0.3 is 0 Å². The first-order chi connectivity index (χ1) is 15.6. The van der Waals surface area contributed by atoms with Crippen LogP contribution in [0.4, 0.5) is 0 Å². The van der Waals surface area contributed by atoms with Gasteiger partial charge in [-0.3, -0.25) is 9.59 Å². The van der Waals surface area contributed by atoms with Crippen LogP contribution in [0.3, 0.4) is 0 Å². The second-order valence-corrected chi connectivity index (χ2v) is 9.52. The number of nitrogens with zero attached hydrogens (tertiary/aromatic N) is 2. The van der Waals surface area contributed by atoms with E-state index in [1.54, 1.807) is 0 Å². The molecule has 1 aromatic carbocycles. The molecule has 6 nitrogen and oxygen atoms in total. The van der Waals surface area contributed by atoms with Crippen molar-refractivity contribution in [1.29, 1.82) is 0 Å². The maximum Gasteiger partial charge on any atom is 0.239 e. The third-order valence-corrected chi connectivity index (χ3v) is 7.19. The molecule has 1 aliphatic heterocycles. The van der Waals surface area contributed by atoms with Crippen molar-refractivity contribution in [2.75, 3.05) is 13.1 Å². The summed E-state index contributed by atoms with van der Waals surface area (Å²) < 4.78 is 5.30. The first-order valence-corrected chi connectivity index (χ1v) is 11.9. The number of rotatable bonds is 8. The zero-order chi connectivity index (χ0) is 22.1. The minimum absolute atomic E-state index is 0.0417. The van der Waals surface area contributed by atoms with E-state index in [4.69, 9.17) is 10.3 Å². The second kappa shape index (κ2) is 9.02. The lowest BCUT2D eigenvalue weighted by Gasteiger charge is -2.33. The number of hydrogen-bond acceptors (Lipinski definition) is 5. The number of Topliss-reactive ketones (excluding diaryl/α,β-unsaturated/α-hetero) is 1. The maximum atomic E-state index is 12.9. The molecule has 0 bridgehead atoms. The molecule has 1 saturated carbocycles. The Kier molecular flexibility index (Phi) is 5.96. The van der Waals surface area contributed by atoms with Crippen LogP contribution < -0.4 is 5.73 Å². The third-order valence-electron chi connectivity index (χ3n) is 7.19. The van der Waals surface area contributed by atoms with Gasteiger partial charge in [-0.2, -0.15) is 0 Å². The van der Waals surface area contributed by atoms with Crippen LogP contribution in [0.15, 0.2) is 40.9 Å². The lowest BCUT2D eigenvalue weighted by Crippen LogP contribution is -2.47. The van der Waals surface area contributed by atoms with Crippen LogP contribution in [-0.4, -0.2) is 40.9 Å². The molecule has 1 amide bonds. The largest absolute Gasteiger partial charge is 0.360 e. The van der Waals surface area contributed by atoms with Crippen molar-refractivity contribution in [3.05, 3.63) is 59.0 Å². The van der Waals surface area contributed by atoms with E-state index in [2.05, 4.69) is 29.4 Å². The number of carbonyl (C=O) groups is 2. The molecule has 0 radical (unpaired) electrons.